The highest BCUT2D eigenvalue weighted by Crippen LogP contribution is 2.48. The molecule has 188 valence electrons. The molecule has 8 nitrogen and oxygen atoms in total. The second-order valence-electron chi connectivity index (χ2n) is 9.69. The van der Waals surface area contributed by atoms with Gasteiger partial charge in [-0.25, -0.2) is 9.78 Å². The predicted octanol–water partition coefficient (Wildman–Crippen LogP) is 3.92. The van der Waals surface area contributed by atoms with Gasteiger partial charge in [0.2, 0.25) is 0 Å². The van der Waals surface area contributed by atoms with Crippen LogP contribution in [-0.4, -0.2) is 54.9 Å². The number of fused-ring (bicyclic) bond motifs is 4. The number of esters is 1. The van der Waals surface area contributed by atoms with Gasteiger partial charge in [-0.2, -0.15) is 10.1 Å². The Hall–Kier alpha value is -4.20. The molecular formula is C29H29N5O3. The summed E-state index contributed by atoms with van der Waals surface area (Å²) in [6.07, 6.45) is 2.40. The van der Waals surface area contributed by atoms with Crippen molar-refractivity contribution in [2.45, 2.75) is 26.3 Å². The van der Waals surface area contributed by atoms with Crippen molar-refractivity contribution in [3.05, 3.63) is 84.1 Å². The fraction of sp³-hybridized carbons (Fsp3) is 0.310. The summed E-state index contributed by atoms with van der Waals surface area (Å²) in [6.45, 7) is 6.33. The predicted molar refractivity (Wildman–Crippen MR) is 143 cm³/mol. The lowest BCUT2D eigenvalue weighted by Crippen LogP contribution is -2.67. The van der Waals surface area contributed by atoms with E-state index in [9.17, 15) is 9.59 Å². The lowest BCUT2D eigenvalue weighted by Gasteiger charge is -2.53. The van der Waals surface area contributed by atoms with Crippen LogP contribution in [0, 0.1) is 5.41 Å². The zero-order valence-electron chi connectivity index (χ0n) is 21.0. The first kappa shape index (κ1) is 23.2. The van der Waals surface area contributed by atoms with Crippen molar-refractivity contribution in [3.8, 4) is 0 Å². The van der Waals surface area contributed by atoms with Crippen LogP contribution in [0.3, 0.4) is 0 Å². The van der Waals surface area contributed by atoms with Gasteiger partial charge in [-0.1, -0.05) is 24.3 Å². The Kier molecular flexibility index (Phi) is 5.67. The van der Waals surface area contributed by atoms with Crippen LogP contribution >= 0.6 is 0 Å². The largest absolute Gasteiger partial charge is 0.462 e. The lowest BCUT2D eigenvalue weighted by molar-refractivity contribution is -0.125. The normalized spacial score (nSPS) is 22.5. The molecule has 4 heterocycles. The van der Waals surface area contributed by atoms with Gasteiger partial charge in [0.05, 0.1) is 29.6 Å². The number of para-hydroxylation sites is 1. The highest BCUT2D eigenvalue weighted by atomic mass is 16.5. The second kappa shape index (κ2) is 9.03. The summed E-state index contributed by atoms with van der Waals surface area (Å²) in [7, 11) is 0. The molecule has 1 aromatic heterocycles. The molecule has 37 heavy (non-hydrogen) atoms. The van der Waals surface area contributed by atoms with E-state index < -0.39 is 5.41 Å². The molecule has 1 amide bonds. The number of anilines is 3. The number of amides is 1. The quantitative estimate of drug-likeness (QED) is 0.511. The lowest BCUT2D eigenvalue weighted by atomic mass is 9.67. The van der Waals surface area contributed by atoms with Gasteiger partial charge >= 0.3 is 5.97 Å². The number of hydrazone groups is 1. The van der Waals surface area contributed by atoms with E-state index in [1.165, 1.54) is 10.7 Å². The molecule has 3 aliphatic heterocycles. The zero-order valence-corrected chi connectivity index (χ0v) is 21.0. The molecule has 1 saturated heterocycles. The smallest absolute Gasteiger partial charge is 0.338 e. The van der Waals surface area contributed by atoms with E-state index in [2.05, 4.69) is 33.0 Å². The molecule has 0 aliphatic carbocycles. The summed E-state index contributed by atoms with van der Waals surface area (Å²) in [5.74, 6) is 0.498. The molecule has 1 spiro atoms. The van der Waals surface area contributed by atoms with Crippen molar-refractivity contribution >= 4 is 34.8 Å². The molecule has 6 rings (SSSR count). The van der Waals surface area contributed by atoms with E-state index in [-0.39, 0.29) is 17.9 Å². The number of carbonyl (C=O) groups is 2. The SMILES string of the molecule is CCOC(=O)c1ccc(N2N=C(C)[C@@]3(Cc4ccccc4N4CCN(c5ccccn5)C[C@H]43)C2=O)cc1. The Morgan fingerprint density at radius 1 is 1.05 bits per heavy atom. The summed E-state index contributed by atoms with van der Waals surface area (Å²) in [4.78, 5) is 35.7. The van der Waals surface area contributed by atoms with E-state index >= 15 is 0 Å². The molecule has 0 saturated carbocycles. The molecule has 0 bridgehead atoms. The van der Waals surface area contributed by atoms with Crippen LogP contribution in [0.2, 0.25) is 0 Å². The van der Waals surface area contributed by atoms with Crippen molar-refractivity contribution in [1.29, 1.82) is 0 Å². The number of rotatable bonds is 4. The van der Waals surface area contributed by atoms with Crippen molar-refractivity contribution in [1.82, 2.24) is 4.98 Å². The molecule has 1 fully saturated rings. The van der Waals surface area contributed by atoms with Gasteiger partial charge in [0, 0.05) is 31.5 Å². The van der Waals surface area contributed by atoms with E-state index in [4.69, 9.17) is 9.84 Å². The van der Waals surface area contributed by atoms with E-state index in [1.54, 1.807) is 31.2 Å². The fourth-order valence-corrected chi connectivity index (χ4v) is 5.94. The number of aromatic nitrogens is 1. The summed E-state index contributed by atoms with van der Waals surface area (Å²) in [5, 5.41) is 6.32. The van der Waals surface area contributed by atoms with Crippen LogP contribution in [0.1, 0.15) is 29.8 Å². The number of pyridine rings is 1. The van der Waals surface area contributed by atoms with Crippen molar-refractivity contribution in [3.63, 3.8) is 0 Å². The Morgan fingerprint density at radius 3 is 2.59 bits per heavy atom. The molecule has 2 atom stereocenters. The molecule has 0 radical (unpaired) electrons. The molecule has 8 heteroatoms. The van der Waals surface area contributed by atoms with Crippen LogP contribution in [0.15, 0.2) is 78.0 Å². The van der Waals surface area contributed by atoms with Crippen molar-refractivity contribution < 1.29 is 14.3 Å². The summed E-state index contributed by atoms with van der Waals surface area (Å²) in [6, 6.07) is 21.1. The van der Waals surface area contributed by atoms with Crippen LogP contribution in [0.4, 0.5) is 17.2 Å². The molecule has 2 aromatic carbocycles. The Bertz CT molecular complexity index is 1370. The highest BCUT2D eigenvalue weighted by Gasteiger charge is 2.60. The first-order valence-corrected chi connectivity index (χ1v) is 12.7. The number of nitrogens with zero attached hydrogens (tertiary/aromatic N) is 5. The minimum atomic E-state index is -0.804. The molecule has 0 unspecified atom stereocenters. The highest BCUT2D eigenvalue weighted by molar-refractivity contribution is 6.20. The second-order valence-corrected chi connectivity index (χ2v) is 9.69. The topological polar surface area (TPSA) is 78.3 Å². The summed E-state index contributed by atoms with van der Waals surface area (Å²) in [5.41, 5.74) is 3.44. The van der Waals surface area contributed by atoms with Crippen molar-refractivity contribution in [2.75, 3.05) is 41.0 Å². The van der Waals surface area contributed by atoms with Gasteiger partial charge in [0.15, 0.2) is 0 Å². The van der Waals surface area contributed by atoms with Gasteiger partial charge in [0.25, 0.3) is 5.91 Å². The van der Waals surface area contributed by atoms with Crippen LogP contribution in [-0.2, 0) is 16.0 Å². The monoisotopic (exact) mass is 495 g/mol. The third kappa shape index (κ3) is 3.66. The van der Waals surface area contributed by atoms with Crippen LogP contribution < -0.4 is 14.8 Å². The molecular weight excluding hydrogens is 466 g/mol. The maximum Gasteiger partial charge on any atom is 0.338 e. The van der Waals surface area contributed by atoms with Gasteiger partial charge in [-0.15, -0.1) is 0 Å². The zero-order chi connectivity index (χ0) is 25.6. The molecule has 0 N–H and O–H groups in total. The van der Waals surface area contributed by atoms with Crippen LogP contribution in [0.25, 0.3) is 0 Å². The first-order valence-electron chi connectivity index (χ1n) is 12.7. The molecule has 3 aromatic rings. The summed E-state index contributed by atoms with van der Waals surface area (Å²) < 4.78 is 5.10. The number of piperazine rings is 1. The third-order valence-corrected chi connectivity index (χ3v) is 7.79. The van der Waals surface area contributed by atoms with E-state index in [0.29, 0.717) is 30.8 Å². The maximum atomic E-state index is 14.4. The number of benzene rings is 2. The average Bonchev–Trinajstić information content (AvgIpc) is 3.19. The number of carbonyl (C=O) groups excluding carboxylic acids is 2. The number of ether oxygens (including phenoxy) is 1. The van der Waals surface area contributed by atoms with E-state index in [0.717, 1.165) is 30.2 Å². The Balaban J connectivity index is 1.38. The van der Waals surface area contributed by atoms with Gasteiger partial charge in [-0.3, -0.25) is 4.79 Å². The number of hydrogen-bond acceptors (Lipinski definition) is 7. The third-order valence-electron chi connectivity index (χ3n) is 7.79. The number of hydrogen-bond donors (Lipinski definition) is 0. The maximum absolute atomic E-state index is 14.4. The van der Waals surface area contributed by atoms with Crippen LogP contribution in [0.5, 0.6) is 0 Å². The van der Waals surface area contributed by atoms with E-state index in [1.807, 2.05) is 37.4 Å². The minimum absolute atomic E-state index is 0.0405. The van der Waals surface area contributed by atoms with Gasteiger partial charge in [-0.05, 0) is 68.3 Å². The van der Waals surface area contributed by atoms with Gasteiger partial charge < -0.3 is 14.5 Å². The Morgan fingerprint density at radius 2 is 1.84 bits per heavy atom. The average molecular weight is 496 g/mol. The first-order chi connectivity index (χ1) is 18.0. The molecule has 3 aliphatic rings. The minimum Gasteiger partial charge on any atom is -0.462 e. The van der Waals surface area contributed by atoms with Crippen molar-refractivity contribution in [2.24, 2.45) is 10.5 Å². The fourth-order valence-electron chi connectivity index (χ4n) is 5.94. The standard InChI is InChI=1S/C29H29N5O3/c1-3-37-27(35)21-11-13-23(14-12-21)34-28(36)29(20(2)31-34)18-22-8-4-5-9-24(22)33-17-16-32(19-25(29)33)26-10-6-7-15-30-26/h4-15,25H,3,16-19H2,1-2H3/t25-,29+/m0/s1. The van der Waals surface area contributed by atoms with Gasteiger partial charge in [0.1, 0.15) is 11.2 Å². The summed E-state index contributed by atoms with van der Waals surface area (Å²) >= 11 is 0. The Labute approximate surface area is 216 Å².